The number of nitrogens with one attached hydrogen (secondary N) is 2. The van der Waals surface area contributed by atoms with Crippen molar-refractivity contribution in [3.05, 3.63) is 81.8 Å². The van der Waals surface area contributed by atoms with Crippen LogP contribution in [0.1, 0.15) is 19.4 Å². The van der Waals surface area contributed by atoms with Gasteiger partial charge in [0.15, 0.2) is 18.1 Å². The molecule has 0 bridgehead atoms. The summed E-state index contributed by atoms with van der Waals surface area (Å²) in [6, 6.07) is 18.4. The van der Waals surface area contributed by atoms with E-state index in [0.29, 0.717) is 57.4 Å². The van der Waals surface area contributed by atoms with Gasteiger partial charge in [0.1, 0.15) is 17.4 Å². The number of carbonyl (C=O) groups excluding carboxylic acids is 2. The standard InChI is InChI=1S/C28H25Cl2N3O5/c1-3-36-22-9-6-20(7-10-22)33-28(35)19(16-31)13-18-5-12-25(26(14-18)37-4-2)38-17-27(34)32-21-8-11-23(29)24(30)15-21/h5-15H,3-4,17H2,1-2H3,(H,32,34)(H,33,35)/b19-13+. The summed E-state index contributed by atoms with van der Waals surface area (Å²) in [4.78, 5) is 25.0. The molecule has 0 spiro atoms. The number of hydrogen-bond acceptors (Lipinski definition) is 6. The maximum absolute atomic E-state index is 12.7. The van der Waals surface area contributed by atoms with Crippen LogP contribution in [-0.2, 0) is 9.59 Å². The van der Waals surface area contributed by atoms with Crippen LogP contribution in [0.3, 0.4) is 0 Å². The topological polar surface area (TPSA) is 110 Å². The van der Waals surface area contributed by atoms with Crippen molar-refractivity contribution in [3.8, 4) is 23.3 Å². The molecule has 0 radical (unpaired) electrons. The lowest BCUT2D eigenvalue weighted by atomic mass is 10.1. The number of anilines is 2. The lowest BCUT2D eigenvalue weighted by molar-refractivity contribution is -0.118. The predicted molar refractivity (Wildman–Crippen MR) is 148 cm³/mol. The van der Waals surface area contributed by atoms with Gasteiger partial charge in [-0.15, -0.1) is 0 Å². The van der Waals surface area contributed by atoms with Crippen molar-refractivity contribution >= 4 is 52.5 Å². The second-order valence-electron chi connectivity index (χ2n) is 7.69. The Hall–Kier alpha value is -4.19. The van der Waals surface area contributed by atoms with Crippen LogP contribution in [0.15, 0.2) is 66.2 Å². The molecule has 3 aromatic rings. The highest BCUT2D eigenvalue weighted by Gasteiger charge is 2.13. The summed E-state index contributed by atoms with van der Waals surface area (Å²) in [5.74, 6) is 0.388. The number of ether oxygens (including phenoxy) is 3. The molecule has 0 saturated carbocycles. The van der Waals surface area contributed by atoms with Crippen molar-refractivity contribution in [2.45, 2.75) is 13.8 Å². The van der Waals surface area contributed by atoms with Gasteiger partial charge in [0.2, 0.25) is 0 Å². The summed E-state index contributed by atoms with van der Waals surface area (Å²) in [5, 5.41) is 15.6. The third kappa shape index (κ3) is 8.17. The van der Waals surface area contributed by atoms with E-state index in [1.807, 2.05) is 13.0 Å². The van der Waals surface area contributed by atoms with Crippen LogP contribution in [-0.4, -0.2) is 31.6 Å². The fraction of sp³-hybridized carbons (Fsp3) is 0.179. The van der Waals surface area contributed by atoms with Gasteiger partial charge >= 0.3 is 0 Å². The average molecular weight is 554 g/mol. The second-order valence-corrected chi connectivity index (χ2v) is 8.50. The summed E-state index contributed by atoms with van der Waals surface area (Å²) in [5.41, 5.74) is 1.44. The van der Waals surface area contributed by atoms with Crippen LogP contribution in [0.4, 0.5) is 11.4 Å². The Bertz CT molecular complexity index is 1370. The Morgan fingerprint density at radius 2 is 1.55 bits per heavy atom. The monoisotopic (exact) mass is 553 g/mol. The summed E-state index contributed by atoms with van der Waals surface area (Å²) >= 11 is 11.9. The van der Waals surface area contributed by atoms with E-state index < -0.39 is 11.8 Å². The number of hydrogen-bond donors (Lipinski definition) is 2. The second kappa shape index (κ2) is 13.9. The molecule has 0 heterocycles. The molecular weight excluding hydrogens is 529 g/mol. The first-order valence-electron chi connectivity index (χ1n) is 11.6. The van der Waals surface area contributed by atoms with E-state index in [0.717, 1.165) is 0 Å². The Labute approximate surface area is 230 Å². The first-order chi connectivity index (χ1) is 18.3. The van der Waals surface area contributed by atoms with Crippen molar-refractivity contribution in [3.63, 3.8) is 0 Å². The lowest BCUT2D eigenvalue weighted by Crippen LogP contribution is -2.20. The summed E-state index contributed by atoms with van der Waals surface area (Å²) in [6.07, 6.45) is 1.44. The predicted octanol–water partition coefficient (Wildman–Crippen LogP) is 6.35. The van der Waals surface area contributed by atoms with Gasteiger partial charge in [-0.1, -0.05) is 29.3 Å². The fourth-order valence-electron chi connectivity index (χ4n) is 3.23. The zero-order valence-corrected chi connectivity index (χ0v) is 22.2. The van der Waals surface area contributed by atoms with Crippen LogP contribution in [0.5, 0.6) is 17.2 Å². The van der Waals surface area contributed by atoms with Crippen LogP contribution >= 0.6 is 23.2 Å². The molecule has 10 heteroatoms. The molecular formula is C28H25Cl2N3O5. The number of carbonyl (C=O) groups is 2. The molecule has 0 saturated heterocycles. The first-order valence-corrected chi connectivity index (χ1v) is 12.4. The Morgan fingerprint density at radius 1 is 0.842 bits per heavy atom. The van der Waals surface area contributed by atoms with Crippen LogP contribution < -0.4 is 24.8 Å². The highest BCUT2D eigenvalue weighted by molar-refractivity contribution is 6.42. The van der Waals surface area contributed by atoms with Crippen LogP contribution in [0.25, 0.3) is 6.08 Å². The third-order valence-corrected chi connectivity index (χ3v) is 5.67. The molecule has 2 N–H and O–H groups in total. The summed E-state index contributed by atoms with van der Waals surface area (Å²) in [6.45, 7) is 4.26. The highest BCUT2D eigenvalue weighted by Crippen LogP contribution is 2.30. The fourth-order valence-corrected chi connectivity index (χ4v) is 3.53. The summed E-state index contributed by atoms with van der Waals surface area (Å²) in [7, 11) is 0. The van der Waals surface area contributed by atoms with Gasteiger partial charge in [0.25, 0.3) is 11.8 Å². The molecule has 3 rings (SSSR count). The largest absolute Gasteiger partial charge is 0.494 e. The number of nitriles is 1. The molecule has 38 heavy (non-hydrogen) atoms. The Balaban J connectivity index is 1.68. The molecule has 3 aromatic carbocycles. The number of halogens is 2. The molecule has 2 amide bonds. The Kier molecular flexibility index (Phi) is 10.4. The zero-order valence-electron chi connectivity index (χ0n) is 20.7. The molecule has 196 valence electrons. The van der Waals surface area contributed by atoms with Crippen LogP contribution in [0, 0.1) is 11.3 Å². The number of rotatable bonds is 11. The number of benzene rings is 3. The summed E-state index contributed by atoms with van der Waals surface area (Å²) < 4.78 is 16.7. The first kappa shape index (κ1) is 28.4. The van der Waals surface area contributed by atoms with Crippen molar-refractivity contribution < 1.29 is 23.8 Å². The van der Waals surface area contributed by atoms with E-state index in [1.165, 1.54) is 12.1 Å². The zero-order chi connectivity index (χ0) is 27.5. The third-order valence-electron chi connectivity index (χ3n) is 4.93. The molecule has 0 unspecified atom stereocenters. The minimum Gasteiger partial charge on any atom is -0.494 e. The highest BCUT2D eigenvalue weighted by atomic mass is 35.5. The van der Waals surface area contributed by atoms with Gasteiger partial charge in [0, 0.05) is 11.4 Å². The van der Waals surface area contributed by atoms with E-state index >= 15 is 0 Å². The van der Waals surface area contributed by atoms with E-state index in [2.05, 4.69) is 10.6 Å². The number of nitrogens with zero attached hydrogens (tertiary/aromatic N) is 1. The van der Waals surface area contributed by atoms with Gasteiger partial charge in [-0.2, -0.15) is 5.26 Å². The van der Waals surface area contributed by atoms with E-state index in [4.69, 9.17) is 37.4 Å². The molecule has 0 aliphatic rings. The smallest absolute Gasteiger partial charge is 0.266 e. The van der Waals surface area contributed by atoms with Gasteiger partial charge in [0.05, 0.1) is 23.3 Å². The molecule has 8 nitrogen and oxygen atoms in total. The van der Waals surface area contributed by atoms with Crippen molar-refractivity contribution in [1.82, 2.24) is 0 Å². The van der Waals surface area contributed by atoms with Crippen LogP contribution in [0.2, 0.25) is 10.0 Å². The number of amides is 2. The average Bonchev–Trinajstić information content (AvgIpc) is 2.90. The van der Waals surface area contributed by atoms with E-state index in [-0.39, 0.29) is 12.2 Å². The molecule has 0 aliphatic heterocycles. The molecule has 0 atom stereocenters. The van der Waals surface area contributed by atoms with Gasteiger partial charge < -0.3 is 24.8 Å². The maximum Gasteiger partial charge on any atom is 0.266 e. The van der Waals surface area contributed by atoms with Gasteiger partial charge in [-0.05, 0) is 80.1 Å². The van der Waals surface area contributed by atoms with Gasteiger partial charge in [-0.3, -0.25) is 9.59 Å². The lowest BCUT2D eigenvalue weighted by Gasteiger charge is -2.13. The quantitative estimate of drug-likeness (QED) is 0.211. The molecule has 0 aliphatic carbocycles. The van der Waals surface area contributed by atoms with Crippen molar-refractivity contribution in [2.24, 2.45) is 0 Å². The minimum absolute atomic E-state index is 0.101. The van der Waals surface area contributed by atoms with E-state index in [1.54, 1.807) is 61.5 Å². The SMILES string of the molecule is CCOc1ccc(NC(=O)/C(C#N)=C/c2ccc(OCC(=O)Nc3ccc(Cl)c(Cl)c3)c(OCC)c2)cc1. The van der Waals surface area contributed by atoms with Crippen molar-refractivity contribution in [2.75, 3.05) is 30.5 Å². The van der Waals surface area contributed by atoms with Gasteiger partial charge in [-0.25, -0.2) is 0 Å². The maximum atomic E-state index is 12.7. The Morgan fingerprint density at radius 3 is 2.21 bits per heavy atom. The normalized spacial score (nSPS) is 10.8. The van der Waals surface area contributed by atoms with Crippen molar-refractivity contribution in [1.29, 1.82) is 5.26 Å². The molecule has 0 aromatic heterocycles. The minimum atomic E-state index is -0.561. The molecule has 0 fully saturated rings. The van der Waals surface area contributed by atoms with E-state index in [9.17, 15) is 14.9 Å².